The third kappa shape index (κ3) is 5.97. The standard InChI is InChI=1S/CF8Ge.2K/c2-1(3,4)10(5,6,7,8)9;;/q-2;2*+1. The summed E-state index contributed by atoms with van der Waals surface area (Å²) in [5.41, 5.74) is 0. The molecule has 0 radical (unpaired) electrons. The molecular weight excluding hydrogens is 315 g/mol. The minimum Gasteiger partial charge on any atom is 1.00 e. The van der Waals surface area contributed by atoms with Crippen LogP contribution in [-0.2, 0) is 0 Å². The SMILES string of the molecule is F[C](F)(F)[Ge-2]([F])([F])([F])([F])[F].[K+].[K+]. The summed E-state index contributed by atoms with van der Waals surface area (Å²) in [5, 5.41) is -7.33. The fourth-order valence-electron chi connectivity index (χ4n) is 0. The Hall–Kier alpha value is 3.26. The van der Waals surface area contributed by atoms with Crippen LogP contribution in [0.5, 0.6) is 0 Å². The van der Waals surface area contributed by atoms with Crippen LogP contribution in [0.1, 0.15) is 0 Å². The topological polar surface area (TPSA) is 0 Å². The number of hydrogen-bond acceptors (Lipinski definition) is 0. The van der Waals surface area contributed by atoms with Crippen LogP contribution < -0.4 is 103 Å². The Morgan fingerprint density at radius 1 is 0.667 bits per heavy atom. The van der Waals surface area contributed by atoms with Gasteiger partial charge in [-0.3, -0.25) is 0 Å². The van der Waals surface area contributed by atoms with Gasteiger partial charge in [0.15, 0.2) is 0 Å². The maximum atomic E-state index is 10.7. The van der Waals surface area contributed by atoms with Crippen molar-refractivity contribution in [3.63, 3.8) is 0 Å². The van der Waals surface area contributed by atoms with Gasteiger partial charge in [0.1, 0.15) is 0 Å². The van der Waals surface area contributed by atoms with Gasteiger partial charge in [0.25, 0.3) is 0 Å². The first-order chi connectivity index (χ1) is 3.75. The number of alkyl halides is 3. The third-order valence-corrected chi connectivity index (χ3v) is 2.78. The van der Waals surface area contributed by atoms with Crippen LogP contribution in [0.3, 0.4) is 0 Å². The van der Waals surface area contributed by atoms with Gasteiger partial charge in [-0.1, -0.05) is 0 Å². The van der Waals surface area contributed by atoms with E-state index < -0.39 is 18.4 Å². The van der Waals surface area contributed by atoms with E-state index in [0.717, 1.165) is 0 Å². The molecule has 0 atom stereocenters. The molecule has 0 nitrogen and oxygen atoms in total. The minimum atomic E-state index is -12.0. The van der Waals surface area contributed by atoms with E-state index >= 15 is 0 Å². The normalized spacial score (nSPS) is 18.0. The molecule has 0 aromatic carbocycles. The van der Waals surface area contributed by atoms with Crippen LogP contribution in [0.15, 0.2) is 0 Å². The zero-order valence-corrected chi connectivity index (χ0v) is 14.4. The molecule has 0 aromatic rings. The molecule has 0 aromatic heterocycles. The van der Waals surface area contributed by atoms with Crippen LogP contribution >= 0.6 is 0 Å². The second-order valence-corrected chi connectivity index (χ2v) is 7.85. The van der Waals surface area contributed by atoms with E-state index in [2.05, 4.69) is 0 Å². The third-order valence-electron chi connectivity index (χ3n) is 0.536. The monoisotopic (exact) mass is 316 g/mol. The van der Waals surface area contributed by atoms with Crippen molar-refractivity contribution in [3.8, 4) is 0 Å². The Bertz CT molecular complexity index is 147. The molecule has 11 heteroatoms. The molecule has 0 spiro atoms. The Balaban J connectivity index is -0.000000405. The smallest absolute Gasteiger partial charge is 1.00 e. The molecule has 0 N–H and O–H groups in total. The van der Waals surface area contributed by atoms with E-state index in [-0.39, 0.29) is 103 Å². The molecule has 0 saturated heterocycles. The zero-order chi connectivity index (χ0) is 8.91. The summed E-state index contributed by atoms with van der Waals surface area (Å²) in [6, 6.07) is 0. The van der Waals surface area contributed by atoms with Crippen molar-refractivity contribution in [2.24, 2.45) is 0 Å². The van der Waals surface area contributed by atoms with Gasteiger partial charge in [-0.2, -0.15) is 0 Å². The van der Waals surface area contributed by atoms with E-state index in [1.54, 1.807) is 0 Å². The summed E-state index contributed by atoms with van der Waals surface area (Å²) in [6.45, 7) is 0. The van der Waals surface area contributed by atoms with Crippen molar-refractivity contribution < 1.29 is 133 Å². The van der Waals surface area contributed by atoms with Crippen LogP contribution in [0.4, 0.5) is 30.7 Å². The van der Waals surface area contributed by atoms with E-state index in [0.29, 0.717) is 0 Å². The first-order valence-electron chi connectivity index (χ1n) is 1.76. The predicted octanol–water partition coefficient (Wildman–Crippen LogP) is -3.22. The first kappa shape index (κ1) is 20.6. The van der Waals surface area contributed by atoms with E-state index in [1.165, 1.54) is 0 Å². The summed E-state index contributed by atoms with van der Waals surface area (Å²) < 4.78 is 85.0. The molecule has 12 heavy (non-hydrogen) atoms. The molecule has 66 valence electrons. The van der Waals surface area contributed by atoms with Crippen molar-refractivity contribution in [3.05, 3.63) is 0 Å². The molecule has 0 unspecified atom stereocenters. The molecule has 0 rings (SSSR count). The Morgan fingerprint density at radius 3 is 0.750 bits per heavy atom. The number of rotatable bonds is 0. The van der Waals surface area contributed by atoms with Gasteiger partial charge < -0.3 is 0 Å². The van der Waals surface area contributed by atoms with Crippen molar-refractivity contribution >= 4 is 13.4 Å². The number of halogens is 8. The maximum Gasteiger partial charge on any atom is 1.00 e. The summed E-state index contributed by atoms with van der Waals surface area (Å²) in [6.07, 6.45) is 0. The van der Waals surface area contributed by atoms with Crippen molar-refractivity contribution in [2.45, 2.75) is 5.01 Å². The fourth-order valence-corrected chi connectivity index (χ4v) is 0. The molecular formula is CF8GeK2. The molecule has 0 heterocycles. The van der Waals surface area contributed by atoms with Gasteiger partial charge in [-0.25, -0.2) is 0 Å². The summed E-state index contributed by atoms with van der Waals surface area (Å²) >= 11 is -12.0. The fraction of sp³-hybridized carbons (Fsp3) is 1.00. The van der Waals surface area contributed by atoms with Gasteiger partial charge in [0, 0.05) is 0 Å². The zero-order valence-electron chi connectivity index (χ0n) is 6.02. The van der Waals surface area contributed by atoms with E-state index in [9.17, 15) is 30.7 Å². The molecule has 0 aliphatic rings. The molecule has 0 amide bonds. The second-order valence-electron chi connectivity index (χ2n) is 1.68. The summed E-state index contributed by atoms with van der Waals surface area (Å²) in [4.78, 5) is 0. The molecule has 0 saturated carbocycles. The predicted molar refractivity (Wildman–Crippen MR) is 17.3 cm³/mol. The van der Waals surface area contributed by atoms with Gasteiger partial charge in [0.2, 0.25) is 0 Å². The van der Waals surface area contributed by atoms with Gasteiger partial charge in [-0.05, 0) is 0 Å². The maximum absolute atomic E-state index is 12.0. The van der Waals surface area contributed by atoms with Crippen molar-refractivity contribution in [2.75, 3.05) is 0 Å². The van der Waals surface area contributed by atoms with Crippen LogP contribution in [0.2, 0.25) is 0 Å². The molecule has 0 bridgehead atoms. The van der Waals surface area contributed by atoms with E-state index in [1.807, 2.05) is 0 Å². The Morgan fingerprint density at radius 2 is 0.750 bits per heavy atom. The Kier molecular flexibility index (Phi) is 7.32. The first-order valence-corrected chi connectivity index (χ1v) is 6.78. The van der Waals surface area contributed by atoms with Crippen molar-refractivity contribution in [1.82, 2.24) is 0 Å². The van der Waals surface area contributed by atoms with Gasteiger partial charge in [0.05, 0.1) is 0 Å². The average Bonchev–Trinajstić information content (AvgIpc) is 1.16. The molecule has 0 aliphatic heterocycles. The molecule has 0 aliphatic carbocycles. The molecule has 0 fully saturated rings. The van der Waals surface area contributed by atoms with Gasteiger partial charge >= 0.3 is 152 Å². The van der Waals surface area contributed by atoms with Crippen LogP contribution in [-0.4, -0.2) is 18.4 Å². The van der Waals surface area contributed by atoms with E-state index in [4.69, 9.17) is 0 Å². The average molecular weight is 315 g/mol. The second kappa shape index (κ2) is 4.26. The minimum absolute atomic E-state index is 0. The number of hydrogen-bond donors (Lipinski definition) is 0. The Labute approximate surface area is 148 Å². The quantitative estimate of drug-likeness (QED) is 0.326. The summed E-state index contributed by atoms with van der Waals surface area (Å²) in [5.74, 6) is 0. The van der Waals surface area contributed by atoms with Crippen molar-refractivity contribution in [1.29, 1.82) is 0 Å². The largest absolute Gasteiger partial charge is 1.00 e. The summed E-state index contributed by atoms with van der Waals surface area (Å²) in [7, 11) is 0. The van der Waals surface area contributed by atoms with Gasteiger partial charge in [-0.15, -0.1) is 0 Å². The van der Waals surface area contributed by atoms with Crippen LogP contribution in [0, 0.1) is 0 Å². The van der Waals surface area contributed by atoms with Crippen LogP contribution in [0.25, 0.3) is 0 Å².